The Morgan fingerprint density at radius 1 is 0.388 bits per heavy atom. The molecule has 2 aromatic heterocycles. The first-order valence-corrected chi connectivity index (χ1v) is 24.1. The van der Waals surface area contributed by atoms with Crippen molar-refractivity contribution >= 4 is 70.5 Å². The van der Waals surface area contributed by atoms with Crippen LogP contribution >= 0.6 is 11.3 Å². The maximum atomic E-state index is 7.15. The molecule has 0 spiro atoms. The van der Waals surface area contributed by atoms with Gasteiger partial charge in [0.1, 0.15) is 11.2 Å². The van der Waals surface area contributed by atoms with Crippen molar-refractivity contribution in [1.82, 2.24) is 0 Å². The van der Waals surface area contributed by atoms with E-state index in [-0.39, 0.29) is 5.41 Å². The minimum Gasteiger partial charge on any atom is -0.456 e. The minimum atomic E-state index is -0.684. The molecule has 14 rings (SSSR count). The Labute approximate surface area is 393 Å². The van der Waals surface area contributed by atoms with E-state index in [9.17, 15) is 0 Å². The van der Waals surface area contributed by atoms with Gasteiger partial charge in [-0.1, -0.05) is 190 Å². The number of fused-ring (bicyclic) bond motifs is 12. The molecule has 0 bridgehead atoms. The van der Waals surface area contributed by atoms with Gasteiger partial charge in [-0.15, -0.1) is 11.3 Å². The Morgan fingerprint density at radius 3 is 1.72 bits per heavy atom. The van der Waals surface area contributed by atoms with Crippen LogP contribution in [-0.2, 0) is 10.8 Å². The summed E-state index contributed by atoms with van der Waals surface area (Å²) in [6.07, 6.45) is 0. The molecule has 0 N–H and O–H groups in total. The first kappa shape index (κ1) is 38.3. The molecule has 316 valence electrons. The van der Waals surface area contributed by atoms with Crippen molar-refractivity contribution in [3.05, 3.63) is 258 Å². The third-order valence-corrected chi connectivity index (χ3v) is 16.2. The molecular formula is C64H43NOS. The van der Waals surface area contributed by atoms with Gasteiger partial charge in [0.15, 0.2) is 0 Å². The van der Waals surface area contributed by atoms with Crippen molar-refractivity contribution in [3.63, 3.8) is 0 Å². The van der Waals surface area contributed by atoms with Crippen LogP contribution in [0.5, 0.6) is 0 Å². The number of para-hydroxylation sites is 1. The van der Waals surface area contributed by atoms with E-state index in [1.165, 1.54) is 81.4 Å². The molecule has 0 amide bonds. The lowest BCUT2D eigenvalue weighted by molar-refractivity contribution is 0.648. The fraction of sp³-hybridized carbons (Fsp3) is 0.0625. The van der Waals surface area contributed by atoms with Crippen molar-refractivity contribution < 1.29 is 4.42 Å². The van der Waals surface area contributed by atoms with Crippen LogP contribution in [0.1, 0.15) is 47.2 Å². The number of nitrogens with zero attached hydrogens (tertiary/aromatic N) is 1. The van der Waals surface area contributed by atoms with E-state index < -0.39 is 5.41 Å². The summed E-state index contributed by atoms with van der Waals surface area (Å²) in [6, 6.07) is 83.2. The zero-order chi connectivity index (χ0) is 44.4. The topological polar surface area (TPSA) is 16.4 Å². The average Bonchev–Trinajstić information content (AvgIpc) is 4.10. The van der Waals surface area contributed by atoms with Gasteiger partial charge < -0.3 is 9.32 Å². The second-order valence-corrected chi connectivity index (χ2v) is 19.8. The molecule has 2 nitrogen and oxygen atoms in total. The highest BCUT2D eigenvalue weighted by molar-refractivity contribution is 7.26. The quantitative estimate of drug-likeness (QED) is 0.165. The largest absolute Gasteiger partial charge is 0.456 e. The number of anilines is 3. The Kier molecular flexibility index (Phi) is 8.15. The van der Waals surface area contributed by atoms with Gasteiger partial charge >= 0.3 is 0 Å². The van der Waals surface area contributed by atoms with Gasteiger partial charge in [-0.2, -0.15) is 0 Å². The summed E-state index contributed by atoms with van der Waals surface area (Å²) >= 11 is 1.88. The molecule has 0 fully saturated rings. The fourth-order valence-corrected chi connectivity index (χ4v) is 13.2. The summed E-state index contributed by atoms with van der Waals surface area (Å²) in [6.45, 7) is 4.74. The summed E-state index contributed by atoms with van der Waals surface area (Å²) in [4.78, 5) is 2.49. The van der Waals surface area contributed by atoms with Gasteiger partial charge in [0.25, 0.3) is 0 Å². The van der Waals surface area contributed by atoms with Crippen molar-refractivity contribution in [2.45, 2.75) is 24.7 Å². The summed E-state index contributed by atoms with van der Waals surface area (Å²) < 4.78 is 9.78. The maximum Gasteiger partial charge on any atom is 0.140 e. The van der Waals surface area contributed by atoms with E-state index in [1.807, 2.05) is 11.3 Å². The van der Waals surface area contributed by atoms with E-state index >= 15 is 0 Å². The van der Waals surface area contributed by atoms with Crippen LogP contribution in [0.3, 0.4) is 0 Å². The molecule has 2 aliphatic rings. The van der Waals surface area contributed by atoms with Crippen LogP contribution in [0, 0.1) is 0 Å². The van der Waals surface area contributed by atoms with Gasteiger partial charge in [-0.05, 0) is 110 Å². The van der Waals surface area contributed by atoms with Crippen molar-refractivity contribution in [3.8, 4) is 33.4 Å². The molecule has 10 aromatic carbocycles. The maximum absolute atomic E-state index is 7.15. The highest BCUT2D eigenvalue weighted by Gasteiger charge is 2.48. The number of hydrogen-bond donors (Lipinski definition) is 0. The highest BCUT2D eigenvalue weighted by atomic mass is 32.1. The second-order valence-electron chi connectivity index (χ2n) is 18.7. The number of rotatable bonds is 6. The summed E-state index contributed by atoms with van der Waals surface area (Å²) in [5, 5.41) is 4.81. The Hall–Kier alpha value is -7.98. The molecule has 0 saturated carbocycles. The van der Waals surface area contributed by atoms with Crippen molar-refractivity contribution in [1.29, 1.82) is 0 Å². The predicted molar refractivity (Wildman–Crippen MR) is 282 cm³/mol. The first-order valence-electron chi connectivity index (χ1n) is 23.2. The molecule has 12 aromatic rings. The third-order valence-electron chi connectivity index (χ3n) is 15.0. The SMILES string of the molecule is CC1(C)c2ccccc2-c2ccc(N(c3ccc(-c4cccc5c4sc4ccccc45)cc3)c3cc(C4(c5ccccc5)c5ccccc5-c5ccccc54)c4oc5ccccc5c4c3)cc21. The monoisotopic (exact) mass is 873 g/mol. The fourth-order valence-electron chi connectivity index (χ4n) is 11.9. The smallest absolute Gasteiger partial charge is 0.140 e. The minimum absolute atomic E-state index is 0.176. The van der Waals surface area contributed by atoms with E-state index in [0.29, 0.717) is 0 Å². The summed E-state index contributed by atoms with van der Waals surface area (Å²) in [5.41, 5.74) is 19.3. The zero-order valence-electron chi connectivity index (χ0n) is 37.1. The van der Waals surface area contributed by atoms with Crippen LogP contribution in [0.15, 0.2) is 229 Å². The first-order chi connectivity index (χ1) is 33.0. The number of furan rings is 1. The lowest BCUT2D eigenvalue weighted by atomic mass is 9.67. The summed E-state index contributed by atoms with van der Waals surface area (Å²) in [7, 11) is 0. The molecule has 0 unspecified atom stereocenters. The zero-order valence-corrected chi connectivity index (χ0v) is 37.9. The number of benzene rings is 10. The molecule has 3 heteroatoms. The van der Waals surface area contributed by atoms with Crippen LogP contribution in [0.4, 0.5) is 17.1 Å². The Balaban J connectivity index is 1.06. The van der Waals surface area contributed by atoms with E-state index in [2.05, 4.69) is 243 Å². The van der Waals surface area contributed by atoms with Crippen molar-refractivity contribution in [2.75, 3.05) is 4.90 Å². The average molecular weight is 874 g/mol. The van der Waals surface area contributed by atoms with Gasteiger partial charge in [0.2, 0.25) is 0 Å². The predicted octanol–water partition coefficient (Wildman–Crippen LogP) is 17.8. The summed E-state index contributed by atoms with van der Waals surface area (Å²) in [5.74, 6) is 0. The van der Waals surface area contributed by atoms with Crippen molar-refractivity contribution in [2.24, 2.45) is 0 Å². The molecule has 0 radical (unpaired) electrons. The van der Waals surface area contributed by atoms with E-state index in [0.717, 1.165) is 44.6 Å². The number of thiophene rings is 1. The lowest BCUT2D eigenvalue weighted by Gasteiger charge is -2.35. The van der Waals surface area contributed by atoms with Gasteiger partial charge in [0.05, 0.1) is 5.41 Å². The molecule has 2 heterocycles. The van der Waals surface area contributed by atoms with E-state index in [4.69, 9.17) is 4.42 Å². The van der Waals surface area contributed by atoms with Gasteiger partial charge in [-0.3, -0.25) is 0 Å². The second kappa shape index (κ2) is 14.3. The van der Waals surface area contributed by atoms with Crippen LogP contribution < -0.4 is 4.90 Å². The lowest BCUT2D eigenvalue weighted by Crippen LogP contribution is -2.29. The van der Waals surface area contributed by atoms with Gasteiger partial charge in [-0.25, -0.2) is 0 Å². The Morgan fingerprint density at radius 2 is 0.955 bits per heavy atom. The molecular weight excluding hydrogens is 831 g/mol. The van der Waals surface area contributed by atoms with Gasteiger partial charge in [0, 0.05) is 59.0 Å². The molecule has 0 saturated heterocycles. The standard InChI is InChI=1S/C64H43NOS/c1-63(2)54-26-11-6-19-46(54)49-36-35-43(38-57(49)63)65(42-33-31-40(32-34-42)45-24-16-25-52-51-23-10-15-30-60(51)67-62(45)52)44-37-53-50-22-9-14-29-59(50)66-61(53)58(39-44)64(41-17-4-3-5-18-41)55-27-12-7-20-47(55)48-21-8-13-28-56(48)64/h3-39H,1-2H3. The molecule has 2 aliphatic carbocycles. The Bertz CT molecular complexity index is 3920. The highest BCUT2D eigenvalue weighted by Crippen LogP contribution is 2.59. The third kappa shape index (κ3) is 5.38. The van der Waals surface area contributed by atoms with Crippen LogP contribution in [0.2, 0.25) is 0 Å². The number of hydrogen-bond acceptors (Lipinski definition) is 3. The molecule has 67 heavy (non-hydrogen) atoms. The molecule has 0 atom stereocenters. The molecule has 0 aliphatic heterocycles. The van der Waals surface area contributed by atoms with Crippen LogP contribution in [-0.4, -0.2) is 0 Å². The van der Waals surface area contributed by atoms with E-state index in [1.54, 1.807) is 0 Å². The normalized spacial score (nSPS) is 14.1. The van der Waals surface area contributed by atoms with Crippen LogP contribution in [0.25, 0.3) is 75.5 Å².